The summed E-state index contributed by atoms with van der Waals surface area (Å²) in [6, 6.07) is 5.03. The molecule has 18 heavy (non-hydrogen) atoms. The molecule has 1 heterocycles. The summed E-state index contributed by atoms with van der Waals surface area (Å²) in [6.07, 6.45) is 0.0420. The number of morpholine rings is 1. The zero-order valence-electron chi connectivity index (χ0n) is 10.2. The van der Waals surface area contributed by atoms with Gasteiger partial charge in [0.2, 0.25) is 0 Å². The first kappa shape index (κ1) is 13.4. The zero-order chi connectivity index (χ0) is 13.1. The van der Waals surface area contributed by atoms with Gasteiger partial charge in [0.15, 0.2) is 0 Å². The van der Waals surface area contributed by atoms with Crippen LogP contribution in [0.1, 0.15) is 15.9 Å². The molecule has 5 heteroatoms. The summed E-state index contributed by atoms with van der Waals surface area (Å²) in [5.74, 6) is 0.115. The van der Waals surface area contributed by atoms with Crippen LogP contribution in [0.5, 0.6) is 5.75 Å². The van der Waals surface area contributed by atoms with E-state index in [1.165, 1.54) is 0 Å². The summed E-state index contributed by atoms with van der Waals surface area (Å²) < 4.78 is 5.51. The molecule has 1 aliphatic heterocycles. The molecule has 0 aromatic heterocycles. The van der Waals surface area contributed by atoms with Crippen molar-refractivity contribution in [1.29, 1.82) is 0 Å². The summed E-state index contributed by atoms with van der Waals surface area (Å²) in [6.45, 7) is 3.49. The van der Waals surface area contributed by atoms with Gasteiger partial charge in [-0.05, 0) is 19.1 Å². The molecule has 0 spiro atoms. The second-order valence-corrected chi connectivity index (χ2v) is 5.00. The molecule has 2 rings (SSSR count). The van der Waals surface area contributed by atoms with Gasteiger partial charge in [0, 0.05) is 29.5 Å². The summed E-state index contributed by atoms with van der Waals surface area (Å²) in [5, 5.41) is 10.4. The van der Waals surface area contributed by atoms with E-state index in [9.17, 15) is 9.90 Å². The lowest BCUT2D eigenvalue weighted by Crippen LogP contribution is -2.46. The summed E-state index contributed by atoms with van der Waals surface area (Å²) >= 11 is 3.37. The molecular formula is C13H16BrNO3. The molecule has 1 aliphatic rings. The molecule has 1 unspecified atom stereocenters. The number of alkyl halides is 1. The third-order valence-electron chi connectivity index (χ3n) is 3.13. The second kappa shape index (κ2) is 5.71. The second-order valence-electron chi connectivity index (χ2n) is 4.35. The Morgan fingerprint density at radius 3 is 3.11 bits per heavy atom. The number of carbonyl (C=O) groups is 1. The molecular weight excluding hydrogens is 298 g/mol. The van der Waals surface area contributed by atoms with Gasteiger partial charge in [-0.1, -0.05) is 22.0 Å². The Morgan fingerprint density at radius 2 is 2.39 bits per heavy atom. The van der Waals surface area contributed by atoms with Crippen molar-refractivity contribution in [3.05, 3.63) is 29.3 Å². The maximum atomic E-state index is 12.4. The van der Waals surface area contributed by atoms with E-state index in [1.54, 1.807) is 30.0 Å². The maximum Gasteiger partial charge on any atom is 0.254 e. The van der Waals surface area contributed by atoms with Crippen LogP contribution in [-0.2, 0) is 4.74 Å². The van der Waals surface area contributed by atoms with Crippen molar-refractivity contribution in [1.82, 2.24) is 4.90 Å². The third-order valence-corrected chi connectivity index (χ3v) is 3.86. The van der Waals surface area contributed by atoms with Crippen LogP contribution in [-0.4, -0.2) is 47.0 Å². The number of aromatic hydroxyl groups is 1. The predicted molar refractivity (Wildman–Crippen MR) is 72.3 cm³/mol. The van der Waals surface area contributed by atoms with Gasteiger partial charge in [-0.25, -0.2) is 0 Å². The van der Waals surface area contributed by atoms with E-state index < -0.39 is 0 Å². The van der Waals surface area contributed by atoms with Crippen molar-refractivity contribution in [2.45, 2.75) is 13.0 Å². The van der Waals surface area contributed by atoms with Gasteiger partial charge in [0.1, 0.15) is 5.75 Å². The van der Waals surface area contributed by atoms with Crippen molar-refractivity contribution < 1.29 is 14.6 Å². The number of carbonyl (C=O) groups excluding carboxylic acids is 1. The average molecular weight is 314 g/mol. The normalized spacial score (nSPS) is 19.9. The van der Waals surface area contributed by atoms with E-state index in [0.29, 0.717) is 30.8 Å². The minimum atomic E-state index is -0.0438. The molecule has 1 N–H and O–H groups in total. The van der Waals surface area contributed by atoms with Gasteiger partial charge in [-0.3, -0.25) is 4.79 Å². The van der Waals surface area contributed by atoms with E-state index in [4.69, 9.17) is 4.74 Å². The van der Waals surface area contributed by atoms with Crippen LogP contribution >= 0.6 is 15.9 Å². The molecule has 1 fully saturated rings. The highest BCUT2D eigenvalue weighted by atomic mass is 79.9. The number of hydrogen-bond donors (Lipinski definition) is 1. The Kier molecular flexibility index (Phi) is 4.24. The largest absolute Gasteiger partial charge is 0.508 e. The molecule has 4 nitrogen and oxygen atoms in total. The molecule has 1 amide bonds. The molecule has 1 atom stereocenters. The Labute approximate surface area is 115 Å². The number of phenolic OH excluding ortho intramolecular Hbond substituents is 1. The number of amides is 1. The highest BCUT2D eigenvalue weighted by Gasteiger charge is 2.25. The monoisotopic (exact) mass is 313 g/mol. The van der Waals surface area contributed by atoms with Crippen LogP contribution in [0.3, 0.4) is 0 Å². The van der Waals surface area contributed by atoms with Crippen molar-refractivity contribution >= 4 is 21.8 Å². The van der Waals surface area contributed by atoms with Crippen molar-refractivity contribution in [3.8, 4) is 5.75 Å². The van der Waals surface area contributed by atoms with E-state index in [1.807, 2.05) is 0 Å². The van der Waals surface area contributed by atoms with Gasteiger partial charge >= 0.3 is 0 Å². The average Bonchev–Trinajstić information content (AvgIpc) is 2.41. The summed E-state index contributed by atoms with van der Waals surface area (Å²) in [7, 11) is 0. The zero-order valence-corrected chi connectivity index (χ0v) is 11.8. The smallest absolute Gasteiger partial charge is 0.254 e. The highest BCUT2D eigenvalue weighted by Crippen LogP contribution is 2.22. The van der Waals surface area contributed by atoms with Crippen LogP contribution in [0.15, 0.2) is 18.2 Å². The van der Waals surface area contributed by atoms with Crippen LogP contribution in [0.2, 0.25) is 0 Å². The predicted octanol–water partition coefficient (Wildman–Crippen LogP) is 1.94. The van der Waals surface area contributed by atoms with E-state index >= 15 is 0 Å². The van der Waals surface area contributed by atoms with E-state index in [0.717, 1.165) is 5.33 Å². The Balaban J connectivity index is 2.18. The third kappa shape index (κ3) is 2.67. The molecule has 98 valence electrons. The minimum Gasteiger partial charge on any atom is -0.508 e. The standard InChI is InChI=1S/C13H16BrNO3/c1-9-11(3-2-4-12(9)16)13(17)15-5-6-18-10(7-14)8-15/h2-4,10,16H,5-8H2,1H3. The molecule has 1 saturated heterocycles. The number of nitrogens with zero attached hydrogens (tertiary/aromatic N) is 1. The van der Waals surface area contributed by atoms with Gasteiger partial charge in [-0.2, -0.15) is 0 Å². The van der Waals surface area contributed by atoms with Crippen molar-refractivity contribution in [2.75, 3.05) is 25.0 Å². The number of phenols is 1. The number of hydrogen-bond acceptors (Lipinski definition) is 3. The van der Waals surface area contributed by atoms with E-state index in [2.05, 4.69) is 15.9 Å². The van der Waals surface area contributed by atoms with Gasteiger partial charge in [0.25, 0.3) is 5.91 Å². The molecule has 0 saturated carbocycles. The lowest BCUT2D eigenvalue weighted by molar-refractivity contribution is -0.00969. The first-order chi connectivity index (χ1) is 8.63. The number of ether oxygens (including phenoxy) is 1. The quantitative estimate of drug-likeness (QED) is 0.849. The fraction of sp³-hybridized carbons (Fsp3) is 0.462. The molecule has 1 aromatic rings. The van der Waals surface area contributed by atoms with Gasteiger partial charge in [-0.15, -0.1) is 0 Å². The molecule has 0 bridgehead atoms. The van der Waals surface area contributed by atoms with Gasteiger partial charge in [0.05, 0.1) is 12.7 Å². The fourth-order valence-corrected chi connectivity index (χ4v) is 2.41. The van der Waals surface area contributed by atoms with Gasteiger partial charge < -0.3 is 14.7 Å². The van der Waals surface area contributed by atoms with Crippen molar-refractivity contribution in [3.63, 3.8) is 0 Å². The number of benzene rings is 1. The Morgan fingerprint density at radius 1 is 1.61 bits per heavy atom. The lowest BCUT2D eigenvalue weighted by atomic mass is 10.1. The van der Waals surface area contributed by atoms with Crippen LogP contribution in [0.4, 0.5) is 0 Å². The molecule has 1 aromatic carbocycles. The number of rotatable bonds is 2. The fourth-order valence-electron chi connectivity index (χ4n) is 2.02. The lowest BCUT2D eigenvalue weighted by Gasteiger charge is -2.32. The summed E-state index contributed by atoms with van der Waals surface area (Å²) in [4.78, 5) is 14.2. The topological polar surface area (TPSA) is 49.8 Å². The Hall–Kier alpha value is -1.07. The SMILES string of the molecule is Cc1c(O)cccc1C(=O)N1CCOC(CBr)C1. The first-order valence-corrected chi connectivity index (χ1v) is 7.01. The Bertz CT molecular complexity index is 450. The summed E-state index contributed by atoms with van der Waals surface area (Å²) in [5.41, 5.74) is 1.19. The van der Waals surface area contributed by atoms with E-state index in [-0.39, 0.29) is 17.8 Å². The van der Waals surface area contributed by atoms with Crippen molar-refractivity contribution in [2.24, 2.45) is 0 Å². The van der Waals surface area contributed by atoms with Crippen LogP contribution in [0.25, 0.3) is 0 Å². The first-order valence-electron chi connectivity index (χ1n) is 5.89. The van der Waals surface area contributed by atoms with Crippen LogP contribution < -0.4 is 0 Å². The maximum absolute atomic E-state index is 12.4. The molecule has 0 radical (unpaired) electrons. The molecule has 0 aliphatic carbocycles. The highest BCUT2D eigenvalue weighted by molar-refractivity contribution is 9.09. The minimum absolute atomic E-state index is 0.0420. The van der Waals surface area contributed by atoms with Crippen LogP contribution in [0, 0.1) is 6.92 Å². The number of halogens is 1.